The van der Waals surface area contributed by atoms with Crippen molar-refractivity contribution in [2.45, 2.75) is 36.8 Å². The number of ether oxygens (including phenoxy) is 1. The number of rotatable bonds is 11. The number of aromatic nitrogens is 2. The van der Waals surface area contributed by atoms with Crippen LogP contribution >= 0.6 is 11.8 Å². The molecule has 1 aliphatic heterocycles. The van der Waals surface area contributed by atoms with E-state index in [2.05, 4.69) is 14.9 Å². The molecule has 3 atom stereocenters. The number of benzene rings is 1. The number of pyridine rings is 2. The van der Waals surface area contributed by atoms with Gasteiger partial charge in [0, 0.05) is 42.4 Å². The van der Waals surface area contributed by atoms with Crippen molar-refractivity contribution < 1.29 is 28.5 Å². The van der Waals surface area contributed by atoms with E-state index in [1.54, 1.807) is 30.5 Å². The van der Waals surface area contributed by atoms with Crippen LogP contribution in [0.1, 0.15) is 37.4 Å². The fourth-order valence-corrected chi connectivity index (χ4v) is 5.98. The van der Waals surface area contributed by atoms with E-state index in [0.29, 0.717) is 53.4 Å². The van der Waals surface area contributed by atoms with E-state index in [1.807, 2.05) is 0 Å². The maximum absolute atomic E-state index is 14.8. The average Bonchev–Trinajstić information content (AvgIpc) is 2.88. The number of aliphatic hydroxyl groups is 1. The molecule has 1 aliphatic rings. The third kappa shape index (κ3) is 6.94. The number of hydrogen-bond acceptors (Lipinski definition) is 7. The molecule has 2 aromatic heterocycles. The van der Waals surface area contributed by atoms with Crippen molar-refractivity contribution in [3.63, 3.8) is 0 Å². The molecule has 10 heteroatoms. The normalized spacial score (nSPS) is 19.1. The number of carboxylic acids is 1. The Morgan fingerprint density at radius 1 is 1.24 bits per heavy atom. The highest BCUT2D eigenvalue weighted by Crippen LogP contribution is 2.36. The van der Waals surface area contributed by atoms with Gasteiger partial charge in [-0.05, 0) is 68.0 Å². The van der Waals surface area contributed by atoms with E-state index in [0.717, 1.165) is 19.2 Å². The zero-order valence-electron chi connectivity index (χ0n) is 20.6. The quantitative estimate of drug-likeness (QED) is 0.336. The number of halogens is 2. The van der Waals surface area contributed by atoms with Gasteiger partial charge in [0.1, 0.15) is 16.6 Å². The minimum absolute atomic E-state index is 0.0308. The third-order valence-electron chi connectivity index (χ3n) is 7.00. The summed E-state index contributed by atoms with van der Waals surface area (Å²) in [5, 5.41) is 21.3. The molecule has 3 unspecified atom stereocenters. The van der Waals surface area contributed by atoms with Crippen molar-refractivity contribution >= 4 is 28.6 Å². The van der Waals surface area contributed by atoms with Crippen LogP contribution in [0.2, 0.25) is 0 Å². The maximum atomic E-state index is 14.8. The van der Waals surface area contributed by atoms with E-state index in [9.17, 15) is 23.8 Å². The van der Waals surface area contributed by atoms with Crippen molar-refractivity contribution in [2.75, 3.05) is 32.5 Å². The number of piperidine rings is 1. The number of methoxy groups -OCH3 is 1. The summed E-state index contributed by atoms with van der Waals surface area (Å²) in [6.07, 6.45) is 3.32. The summed E-state index contributed by atoms with van der Waals surface area (Å²) < 4.78 is 33.8. The second-order valence-corrected chi connectivity index (χ2v) is 10.4. The molecule has 0 spiro atoms. The highest BCUT2D eigenvalue weighted by atomic mass is 32.2. The lowest BCUT2D eigenvalue weighted by Crippen LogP contribution is -2.42. The molecular formula is C27H31F2N3O4S. The minimum Gasteiger partial charge on any atom is -0.497 e. The van der Waals surface area contributed by atoms with Crippen molar-refractivity contribution in [3.8, 4) is 5.75 Å². The second kappa shape index (κ2) is 12.6. The molecule has 0 saturated carbocycles. The first kappa shape index (κ1) is 27.2. The summed E-state index contributed by atoms with van der Waals surface area (Å²) >= 11 is 1.35. The van der Waals surface area contributed by atoms with Crippen LogP contribution in [0.15, 0.2) is 47.8 Å². The van der Waals surface area contributed by atoms with E-state index in [4.69, 9.17) is 4.74 Å². The number of fused-ring (bicyclic) bond motifs is 1. The first-order valence-electron chi connectivity index (χ1n) is 12.3. The molecule has 37 heavy (non-hydrogen) atoms. The van der Waals surface area contributed by atoms with Gasteiger partial charge in [-0.1, -0.05) is 0 Å². The third-order valence-corrected chi connectivity index (χ3v) is 7.96. The number of aliphatic carboxylic acids is 1. The monoisotopic (exact) mass is 531 g/mol. The second-order valence-electron chi connectivity index (χ2n) is 9.34. The van der Waals surface area contributed by atoms with E-state index in [-0.39, 0.29) is 29.6 Å². The summed E-state index contributed by atoms with van der Waals surface area (Å²) in [6.45, 7) is 2.09. The number of hydrogen-bond donors (Lipinski definition) is 2. The smallest absolute Gasteiger partial charge is 0.303 e. The number of nitrogens with zero attached hydrogens (tertiary/aromatic N) is 3. The predicted molar refractivity (Wildman–Crippen MR) is 138 cm³/mol. The molecule has 1 saturated heterocycles. The topological polar surface area (TPSA) is 95.8 Å². The maximum Gasteiger partial charge on any atom is 0.303 e. The molecule has 7 nitrogen and oxygen atoms in total. The predicted octanol–water partition coefficient (Wildman–Crippen LogP) is 4.94. The van der Waals surface area contributed by atoms with Gasteiger partial charge < -0.3 is 19.8 Å². The number of carboxylic acid groups (broad SMARTS) is 1. The molecule has 3 aromatic rings. The van der Waals surface area contributed by atoms with Crippen LogP contribution in [0.4, 0.5) is 8.78 Å². The molecule has 0 amide bonds. The first-order valence-corrected chi connectivity index (χ1v) is 13.3. The summed E-state index contributed by atoms with van der Waals surface area (Å²) in [7, 11) is 1.52. The standard InChI is InChI=1S/C27H31F2N3O4S/c1-36-19-5-6-23-20(14-19)26(22(29)15-31-23)24(33)7-4-17-8-10-32(16-18(17)13-25(34)35)11-12-37-27-21(28)3-2-9-30-27/h2-3,5-6,9,14-15,17-18,24,33H,4,7-8,10-13,16H2,1H3,(H,34,35). The van der Waals surface area contributed by atoms with Gasteiger partial charge in [-0.2, -0.15) is 0 Å². The van der Waals surface area contributed by atoms with Gasteiger partial charge in [-0.25, -0.2) is 13.8 Å². The summed E-state index contributed by atoms with van der Waals surface area (Å²) in [6, 6.07) is 8.07. The highest BCUT2D eigenvalue weighted by molar-refractivity contribution is 7.99. The number of carbonyl (C=O) groups is 1. The van der Waals surface area contributed by atoms with Crippen LogP contribution in [-0.2, 0) is 4.79 Å². The molecule has 3 heterocycles. The van der Waals surface area contributed by atoms with Gasteiger partial charge in [-0.3, -0.25) is 9.78 Å². The molecule has 2 N–H and O–H groups in total. The van der Waals surface area contributed by atoms with Crippen molar-refractivity contribution in [2.24, 2.45) is 11.8 Å². The Kier molecular flexibility index (Phi) is 9.28. The lowest BCUT2D eigenvalue weighted by atomic mass is 9.79. The summed E-state index contributed by atoms with van der Waals surface area (Å²) in [5.74, 6) is -0.582. The fourth-order valence-electron chi connectivity index (χ4n) is 5.09. The molecule has 4 rings (SSSR count). The van der Waals surface area contributed by atoms with Crippen LogP contribution in [0.5, 0.6) is 5.75 Å². The van der Waals surface area contributed by atoms with Gasteiger partial charge in [0.15, 0.2) is 5.82 Å². The first-order chi connectivity index (χ1) is 17.9. The highest BCUT2D eigenvalue weighted by Gasteiger charge is 2.31. The van der Waals surface area contributed by atoms with Gasteiger partial charge >= 0.3 is 5.97 Å². The molecule has 0 radical (unpaired) electrons. The Balaban J connectivity index is 1.38. The largest absolute Gasteiger partial charge is 0.497 e. The number of aliphatic hydroxyl groups excluding tert-OH is 1. The summed E-state index contributed by atoms with van der Waals surface area (Å²) in [4.78, 5) is 22.0. The zero-order chi connectivity index (χ0) is 26.4. The van der Waals surface area contributed by atoms with E-state index < -0.39 is 17.9 Å². The molecule has 1 aromatic carbocycles. The Hall–Kier alpha value is -2.82. The SMILES string of the molecule is COc1ccc2ncc(F)c(C(O)CCC3CCN(CCSc4ncccc4F)CC3CC(=O)O)c2c1. The van der Waals surface area contributed by atoms with E-state index in [1.165, 1.54) is 24.9 Å². The fraction of sp³-hybridized carbons (Fsp3) is 0.444. The lowest BCUT2D eigenvalue weighted by Gasteiger charge is -2.38. The van der Waals surface area contributed by atoms with Crippen LogP contribution in [0.25, 0.3) is 10.9 Å². The van der Waals surface area contributed by atoms with Gasteiger partial charge in [0.2, 0.25) is 0 Å². The van der Waals surface area contributed by atoms with Crippen LogP contribution in [0.3, 0.4) is 0 Å². The van der Waals surface area contributed by atoms with Gasteiger partial charge in [-0.15, -0.1) is 11.8 Å². The molecular weight excluding hydrogens is 500 g/mol. The zero-order valence-corrected chi connectivity index (χ0v) is 21.5. The molecule has 198 valence electrons. The number of thioether (sulfide) groups is 1. The van der Waals surface area contributed by atoms with E-state index >= 15 is 0 Å². The van der Waals surface area contributed by atoms with Crippen LogP contribution < -0.4 is 4.74 Å². The van der Waals surface area contributed by atoms with Gasteiger partial charge in [0.05, 0.1) is 24.9 Å². The van der Waals surface area contributed by atoms with Crippen LogP contribution in [0, 0.1) is 23.5 Å². The molecule has 0 bridgehead atoms. The van der Waals surface area contributed by atoms with Crippen molar-refractivity contribution in [3.05, 3.63) is 59.9 Å². The Bertz CT molecular complexity index is 1230. The lowest BCUT2D eigenvalue weighted by molar-refractivity contribution is -0.139. The molecule has 0 aliphatic carbocycles. The van der Waals surface area contributed by atoms with Crippen LogP contribution in [-0.4, -0.2) is 63.5 Å². The Morgan fingerprint density at radius 3 is 2.84 bits per heavy atom. The summed E-state index contributed by atoms with van der Waals surface area (Å²) in [5.41, 5.74) is 0.756. The van der Waals surface area contributed by atoms with Gasteiger partial charge in [0.25, 0.3) is 0 Å². The number of likely N-dealkylation sites (tertiary alicyclic amines) is 1. The Labute approximate surface area is 218 Å². The van der Waals surface area contributed by atoms with Crippen molar-refractivity contribution in [1.82, 2.24) is 14.9 Å². The van der Waals surface area contributed by atoms with Crippen molar-refractivity contribution in [1.29, 1.82) is 0 Å². The average molecular weight is 532 g/mol. The Morgan fingerprint density at radius 2 is 2.08 bits per heavy atom. The minimum atomic E-state index is -1.05. The molecule has 1 fully saturated rings.